The number of nitrogens with zero attached hydrogens (tertiary/aromatic N) is 2. The topological polar surface area (TPSA) is 65.0 Å². The Bertz CT molecular complexity index is 567. The van der Waals surface area contributed by atoms with Gasteiger partial charge in [-0.15, -0.1) is 0 Å². The minimum Gasteiger partial charge on any atom is -0.494 e. The molecule has 0 aromatic heterocycles. The number of carbonyl (C=O) groups excluding carboxylic acids is 1. The molecule has 0 bridgehead atoms. The second-order valence-corrected chi connectivity index (χ2v) is 6.72. The number of rotatable bonds is 5. The molecule has 1 amide bonds. The molecule has 0 saturated carbocycles. The van der Waals surface area contributed by atoms with Crippen LogP contribution in [0.3, 0.4) is 0 Å². The molecular formula is C19H29N3O3. The van der Waals surface area contributed by atoms with E-state index in [0.29, 0.717) is 32.5 Å². The van der Waals surface area contributed by atoms with Crippen molar-refractivity contribution in [2.45, 2.75) is 31.9 Å². The second kappa shape index (κ2) is 8.65. The van der Waals surface area contributed by atoms with Gasteiger partial charge >= 0.3 is 0 Å². The summed E-state index contributed by atoms with van der Waals surface area (Å²) >= 11 is 0. The van der Waals surface area contributed by atoms with Crippen LogP contribution in [0.25, 0.3) is 0 Å². The Morgan fingerprint density at radius 2 is 1.92 bits per heavy atom. The van der Waals surface area contributed by atoms with Crippen LogP contribution >= 0.6 is 0 Å². The van der Waals surface area contributed by atoms with Crippen LogP contribution in [-0.2, 0) is 4.79 Å². The Kier molecular flexibility index (Phi) is 6.29. The molecule has 2 aliphatic heterocycles. The molecule has 6 nitrogen and oxygen atoms in total. The van der Waals surface area contributed by atoms with Crippen molar-refractivity contribution in [2.75, 3.05) is 45.9 Å². The van der Waals surface area contributed by atoms with E-state index in [0.717, 1.165) is 37.5 Å². The van der Waals surface area contributed by atoms with Crippen molar-refractivity contribution in [3.8, 4) is 5.75 Å². The van der Waals surface area contributed by atoms with Crippen molar-refractivity contribution >= 4 is 5.91 Å². The Morgan fingerprint density at radius 3 is 2.60 bits per heavy atom. The first-order chi connectivity index (χ1) is 12.2. The van der Waals surface area contributed by atoms with Crippen LogP contribution in [0.4, 0.5) is 0 Å². The molecule has 2 N–H and O–H groups in total. The highest BCUT2D eigenvalue weighted by Crippen LogP contribution is 2.32. The minimum absolute atomic E-state index is 0.126. The van der Waals surface area contributed by atoms with E-state index in [-0.39, 0.29) is 18.1 Å². The fourth-order valence-corrected chi connectivity index (χ4v) is 3.68. The molecule has 3 rings (SSSR count). The standard InChI is InChI=1S/C19H29N3O3/c1-2-25-17-6-4-3-5-16(17)18(21-13-9-20-10-14-21)19(24)22-11-7-15(23)8-12-22/h3-6,15,18,20,23H,2,7-14H2,1H3. The monoisotopic (exact) mass is 347 g/mol. The van der Waals surface area contributed by atoms with Gasteiger partial charge in [0.15, 0.2) is 0 Å². The quantitative estimate of drug-likeness (QED) is 0.832. The number of hydrogen-bond acceptors (Lipinski definition) is 5. The van der Waals surface area contributed by atoms with Crippen molar-refractivity contribution in [3.63, 3.8) is 0 Å². The number of aliphatic hydroxyl groups is 1. The lowest BCUT2D eigenvalue weighted by Gasteiger charge is -2.39. The number of nitrogens with one attached hydrogen (secondary N) is 1. The molecule has 0 spiro atoms. The molecule has 1 unspecified atom stereocenters. The predicted molar refractivity (Wildman–Crippen MR) is 96.6 cm³/mol. The SMILES string of the molecule is CCOc1ccccc1C(C(=O)N1CCC(O)CC1)N1CCNCC1. The number of aliphatic hydroxyl groups excluding tert-OH is 1. The van der Waals surface area contributed by atoms with Crippen LogP contribution in [-0.4, -0.2) is 72.8 Å². The molecule has 1 aromatic carbocycles. The van der Waals surface area contributed by atoms with E-state index in [1.165, 1.54) is 0 Å². The molecule has 2 heterocycles. The first kappa shape index (κ1) is 18.2. The average Bonchev–Trinajstić information content (AvgIpc) is 2.65. The number of amides is 1. The van der Waals surface area contributed by atoms with Crippen LogP contribution in [0.1, 0.15) is 31.4 Å². The van der Waals surface area contributed by atoms with Gasteiger partial charge < -0.3 is 20.1 Å². The summed E-state index contributed by atoms with van der Waals surface area (Å²) in [6, 6.07) is 7.56. The maximum atomic E-state index is 13.4. The van der Waals surface area contributed by atoms with Gasteiger partial charge in [0.05, 0.1) is 12.7 Å². The number of piperazine rings is 1. The highest BCUT2D eigenvalue weighted by Gasteiger charge is 2.35. The van der Waals surface area contributed by atoms with Gasteiger partial charge in [-0.1, -0.05) is 18.2 Å². The smallest absolute Gasteiger partial charge is 0.244 e. The Balaban J connectivity index is 1.88. The summed E-state index contributed by atoms with van der Waals surface area (Å²) in [4.78, 5) is 17.5. The van der Waals surface area contributed by atoms with Gasteiger partial charge in [-0.3, -0.25) is 9.69 Å². The van der Waals surface area contributed by atoms with Gasteiger partial charge in [-0.05, 0) is 25.8 Å². The van der Waals surface area contributed by atoms with E-state index in [2.05, 4.69) is 10.2 Å². The summed E-state index contributed by atoms with van der Waals surface area (Å²) in [5.74, 6) is 0.917. The summed E-state index contributed by atoms with van der Waals surface area (Å²) in [5, 5.41) is 13.1. The minimum atomic E-state index is -0.319. The van der Waals surface area contributed by atoms with Crippen LogP contribution in [0.15, 0.2) is 24.3 Å². The van der Waals surface area contributed by atoms with Crippen molar-refractivity contribution in [2.24, 2.45) is 0 Å². The van der Waals surface area contributed by atoms with Crippen molar-refractivity contribution < 1.29 is 14.6 Å². The van der Waals surface area contributed by atoms with Gasteiger partial charge in [0.2, 0.25) is 5.91 Å². The Labute approximate surface area is 149 Å². The third kappa shape index (κ3) is 4.32. The van der Waals surface area contributed by atoms with Gasteiger partial charge in [-0.25, -0.2) is 0 Å². The number of ether oxygens (including phenoxy) is 1. The summed E-state index contributed by atoms with van der Waals surface area (Å²) in [5.41, 5.74) is 0.947. The lowest BCUT2D eigenvalue weighted by molar-refractivity contribution is -0.139. The zero-order chi connectivity index (χ0) is 17.6. The number of para-hydroxylation sites is 1. The van der Waals surface area contributed by atoms with Crippen molar-refractivity contribution in [3.05, 3.63) is 29.8 Å². The van der Waals surface area contributed by atoms with Crippen LogP contribution in [0, 0.1) is 0 Å². The molecule has 1 aromatic rings. The van der Waals surface area contributed by atoms with Gasteiger partial charge in [0.25, 0.3) is 0 Å². The fourth-order valence-electron chi connectivity index (χ4n) is 3.68. The van der Waals surface area contributed by atoms with Crippen LogP contribution < -0.4 is 10.1 Å². The van der Waals surface area contributed by atoms with Crippen molar-refractivity contribution in [1.29, 1.82) is 0 Å². The maximum Gasteiger partial charge on any atom is 0.244 e. The molecule has 6 heteroatoms. The van der Waals surface area contributed by atoms with E-state index >= 15 is 0 Å². The van der Waals surface area contributed by atoms with E-state index in [1.54, 1.807) is 0 Å². The molecule has 2 aliphatic rings. The largest absolute Gasteiger partial charge is 0.494 e. The average molecular weight is 347 g/mol. The summed E-state index contributed by atoms with van der Waals surface area (Å²) in [6.45, 7) is 7.25. The number of hydrogen-bond donors (Lipinski definition) is 2. The summed E-state index contributed by atoms with van der Waals surface area (Å²) in [7, 11) is 0. The third-order valence-electron chi connectivity index (χ3n) is 5.04. The lowest BCUT2D eigenvalue weighted by atomic mass is 9.99. The number of piperidine rings is 1. The molecule has 138 valence electrons. The highest BCUT2D eigenvalue weighted by atomic mass is 16.5. The summed E-state index contributed by atoms with van der Waals surface area (Å²) in [6.07, 6.45) is 1.04. The van der Waals surface area contributed by atoms with Crippen molar-refractivity contribution in [1.82, 2.24) is 15.1 Å². The molecule has 1 atom stereocenters. The van der Waals surface area contributed by atoms with Gasteiger partial charge in [0.1, 0.15) is 11.8 Å². The second-order valence-electron chi connectivity index (χ2n) is 6.72. The van der Waals surface area contributed by atoms with E-state index in [9.17, 15) is 9.90 Å². The molecular weight excluding hydrogens is 318 g/mol. The maximum absolute atomic E-state index is 13.4. The molecule has 0 aliphatic carbocycles. The number of likely N-dealkylation sites (tertiary alicyclic amines) is 1. The first-order valence-corrected chi connectivity index (χ1v) is 9.34. The highest BCUT2D eigenvalue weighted by molar-refractivity contribution is 5.84. The zero-order valence-corrected chi connectivity index (χ0v) is 15.0. The molecule has 2 saturated heterocycles. The Morgan fingerprint density at radius 1 is 1.24 bits per heavy atom. The molecule has 2 fully saturated rings. The van der Waals surface area contributed by atoms with E-state index in [4.69, 9.17) is 4.74 Å². The number of carbonyl (C=O) groups is 1. The fraction of sp³-hybridized carbons (Fsp3) is 0.632. The van der Waals surface area contributed by atoms with Gasteiger partial charge in [-0.2, -0.15) is 0 Å². The van der Waals surface area contributed by atoms with Gasteiger partial charge in [0, 0.05) is 44.8 Å². The first-order valence-electron chi connectivity index (χ1n) is 9.34. The predicted octanol–water partition coefficient (Wildman–Crippen LogP) is 1.01. The van der Waals surface area contributed by atoms with Crippen LogP contribution in [0.2, 0.25) is 0 Å². The Hall–Kier alpha value is -1.63. The lowest BCUT2D eigenvalue weighted by Crippen LogP contribution is -2.51. The van der Waals surface area contributed by atoms with E-state index < -0.39 is 0 Å². The molecule has 0 radical (unpaired) electrons. The third-order valence-corrected chi connectivity index (χ3v) is 5.04. The molecule has 25 heavy (non-hydrogen) atoms. The normalized spacial score (nSPS) is 21.1. The summed E-state index contributed by atoms with van der Waals surface area (Å²) < 4.78 is 5.81. The van der Waals surface area contributed by atoms with Crippen LogP contribution in [0.5, 0.6) is 5.75 Å². The number of benzene rings is 1. The zero-order valence-electron chi connectivity index (χ0n) is 15.0. The van der Waals surface area contributed by atoms with E-state index in [1.807, 2.05) is 36.1 Å².